The van der Waals surface area contributed by atoms with E-state index in [0.717, 1.165) is 36.1 Å². The molecule has 0 heterocycles. The van der Waals surface area contributed by atoms with Gasteiger partial charge < -0.3 is 5.32 Å². The monoisotopic (exact) mass is 457 g/mol. The second-order valence-electron chi connectivity index (χ2n) is 9.37. The second kappa shape index (κ2) is 16.0. The van der Waals surface area contributed by atoms with Crippen molar-refractivity contribution in [3.05, 3.63) is 94.3 Å². The predicted octanol–water partition coefficient (Wildman–Crippen LogP) is 8.90. The fourth-order valence-corrected chi connectivity index (χ4v) is 4.55. The lowest BCUT2D eigenvalue weighted by atomic mass is 9.86. The van der Waals surface area contributed by atoms with E-state index in [1.54, 1.807) is 0 Å². The molecule has 1 rings (SSSR count). The summed E-state index contributed by atoms with van der Waals surface area (Å²) < 4.78 is 0. The Balaban J connectivity index is 3.42. The van der Waals surface area contributed by atoms with Crippen LogP contribution in [0.3, 0.4) is 0 Å². The minimum atomic E-state index is 0.697. The molecule has 1 nitrogen and oxygen atoms in total. The normalized spacial score (nSPS) is 11.9. The Bertz CT molecular complexity index is 944. The molecule has 1 N–H and O–H groups in total. The zero-order valence-corrected chi connectivity index (χ0v) is 22.9. The lowest BCUT2D eigenvalue weighted by Gasteiger charge is -2.21. The van der Waals surface area contributed by atoms with Crippen LogP contribution in [0, 0.1) is 17.8 Å². The quantitative estimate of drug-likeness (QED) is 0.177. The Kier molecular flexibility index (Phi) is 13.8. The van der Waals surface area contributed by atoms with Crippen molar-refractivity contribution in [3.8, 4) is 11.8 Å². The van der Waals surface area contributed by atoms with Crippen LogP contribution in [0.5, 0.6) is 0 Å². The summed E-state index contributed by atoms with van der Waals surface area (Å²) in [6, 6.07) is 8.79. The van der Waals surface area contributed by atoms with E-state index in [1.165, 1.54) is 53.5 Å². The zero-order valence-electron chi connectivity index (χ0n) is 22.9. The highest BCUT2D eigenvalue weighted by molar-refractivity contribution is 5.61. The minimum Gasteiger partial charge on any atom is -0.388 e. The molecule has 1 aromatic rings. The molecule has 0 saturated heterocycles. The Morgan fingerprint density at radius 1 is 1.00 bits per heavy atom. The SMILES string of the molecule is C=CCc1ccc(CC(=C)/C(C(=C(C)C)/C(=C\C)NC)=C(/C)C#CCC(CCC)CCC)cc1. The molecule has 184 valence electrons. The molecule has 0 aliphatic rings. The highest BCUT2D eigenvalue weighted by Crippen LogP contribution is 2.31. The average molecular weight is 458 g/mol. The lowest BCUT2D eigenvalue weighted by Crippen LogP contribution is -2.13. The molecular weight excluding hydrogens is 410 g/mol. The maximum Gasteiger partial charge on any atom is 0.0373 e. The van der Waals surface area contributed by atoms with Gasteiger partial charge in [0.2, 0.25) is 0 Å². The first-order valence-electron chi connectivity index (χ1n) is 12.9. The van der Waals surface area contributed by atoms with Crippen molar-refractivity contribution in [2.75, 3.05) is 7.05 Å². The fourth-order valence-electron chi connectivity index (χ4n) is 4.55. The molecule has 34 heavy (non-hydrogen) atoms. The van der Waals surface area contributed by atoms with Crippen LogP contribution in [0.1, 0.15) is 84.8 Å². The van der Waals surface area contributed by atoms with Crippen molar-refractivity contribution >= 4 is 0 Å². The van der Waals surface area contributed by atoms with Gasteiger partial charge in [-0.2, -0.15) is 0 Å². The molecule has 0 aliphatic heterocycles. The van der Waals surface area contributed by atoms with Gasteiger partial charge >= 0.3 is 0 Å². The van der Waals surface area contributed by atoms with E-state index in [9.17, 15) is 0 Å². The van der Waals surface area contributed by atoms with E-state index in [-0.39, 0.29) is 0 Å². The van der Waals surface area contributed by atoms with Crippen LogP contribution in [0.25, 0.3) is 0 Å². The fraction of sp³-hybridized carbons (Fsp3) is 0.455. The highest BCUT2D eigenvalue weighted by atomic mass is 14.8. The van der Waals surface area contributed by atoms with Gasteiger partial charge in [-0.05, 0) is 81.6 Å². The van der Waals surface area contributed by atoms with Crippen molar-refractivity contribution < 1.29 is 0 Å². The van der Waals surface area contributed by atoms with Crippen molar-refractivity contribution in [1.29, 1.82) is 0 Å². The predicted molar refractivity (Wildman–Crippen MR) is 153 cm³/mol. The van der Waals surface area contributed by atoms with Crippen LogP contribution in [0.4, 0.5) is 0 Å². The zero-order chi connectivity index (χ0) is 25.5. The van der Waals surface area contributed by atoms with Crippen LogP contribution in [0.2, 0.25) is 0 Å². The van der Waals surface area contributed by atoms with Gasteiger partial charge in [-0.1, -0.05) is 87.1 Å². The van der Waals surface area contributed by atoms with Gasteiger partial charge in [0.1, 0.15) is 0 Å². The average Bonchev–Trinajstić information content (AvgIpc) is 2.80. The van der Waals surface area contributed by atoms with Gasteiger partial charge in [0.15, 0.2) is 0 Å². The third-order valence-corrected chi connectivity index (χ3v) is 6.19. The Morgan fingerprint density at radius 2 is 1.59 bits per heavy atom. The van der Waals surface area contributed by atoms with Gasteiger partial charge in [-0.25, -0.2) is 0 Å². The first kappa shape index (κ1) is 29.3. The van der Waals surface area contributed by atoms with Crippen molar-refractivity contribution in [2.24, 2.45) is 5.92 Å². The number of hydrogen-bond acceptors (Lipinski definition) is 1. The third-order valence-electron chi connectivity index (χ3n) is 6.19. The van der Waals surface area contributed by atoms with E-state index in [2.05, 4.69) is 102 Å². The summed E-state index contributed by atoms with van der Waals surface area (Å²) in [5.41, 5.74) is 9.52. The lowest BCUT2D eigenvalue weighted by molar-refractivity contribution is 0.451. The number of allylic oxidation sites excluding steroid dienone is 6. The summed E-state index contributed by atoms with van der Waals surface area (Å²) in [7, 11) is 1.98. The smallest absolute Gasteiger partial charge is 0.0373 e. The van der Waals surface area contributed by atoms with Crippen LogP contribution < -0.4 is 5.32 Å². The molecule has 0 saturated carbocycles. The summed E-state index contributed by atoms with van der Waals surface area (Å²) in [5, 5.41) is 3.39. The molecule has 1 heteroatoms. The maximum atomic E-state index is 4.56. The van der Waals surface area contributed by atoms with E-state index in [1.807, 2.05) is 13.1 Å². The third kappa shape index (κ3) is 9.26. The molecule has 0 atom stereocenters. The van der Waals surface area contributed by atoms with Gasteiger partial charge in [0.25, 0.3) is 0 Å². The molecule has 1 aromatic carbocycles. The summed E-state index contributed by atoms with van der Waals surface area (Å²) in [5.74, 6) is 7.75. The summed E-state index contributed by atoms with van der Waals surface area (Å²) >= 11 is 0. The number of hydrogen-bond donors (Lipinski definition) is 1. The first-order chi connectivity index (χ1) is 16.3. The molecule has 0 spiro atoms. The van der Waals surface area contributed by atoms with Gasteiger partial charge in [-0.3, -0.25) is 0 Å². The molecule has 0 bridgehead atoms. The molecule has 0 fully saturated rings. The van der Waals surface area contributed by atoms with Gasteiger partial charge in [-0.15, -0.1) is 6.58 Å². The number of benzene rings is 1. The standard InChI is InChI=1S/C33H47N/c1-10-15-28(16-11-2)19-14-18-26(7)33(32(25(5)6)31(13-4)34-9)27(8)24-30-22-20-29(17-12-3)21-23-30/h12-13,20-23,28,34H,3,8,10-11,15-17,19,24H2,1-2,4-7,9H3/b31-13+,33-26+. The van der Waals surface area contributed by atoms with E-state index >= 15 is 0 Å². The second-order valence-corrected chi connectivity index (χ2v) is 9.37. The van der Waals surface area contributed by atoms with E-state index < -0.39 is 0 Å². The molecular formula is C33H47N. The van der Waals surface area contributed by atoms with Crippen molar-refractivity contribution in [2.45, 2.75) is 86.5 Å². The van der Waals surface area contributed by atoms with Gasteiger partial charge in [0.05, 0.1) is 0 Å². The molecule has 0 aromatic heterocycles. The topological polar surface area (TPSA) is 12.0 Å². The van der Waals surface area contributed by atoms with Crippen LogP contribution in [-0.2, 0) is 12.8 Å². The minimum absolute atomic E-state index is 0.697. The summed E-state index contributed by atoms with van der Waals surface area (Å²) in [6.45, 7) is 21.5. The molecule has 0 amide bonds. The van der Waals surface area contributed by atoms with Gasteiger partial charge in [0, 0.05) is 30.3 Å². The highest BCUT2D eigenvalue weighted by Gasteiger charge is 2.17. The van der Waals surface area contributed by atoms with Crippen LogP contribution in [0.15, 0.2) is 83.1 Å². The van der Waals surface area contributed by atoms with E-state index in [0.29, 0.717) is 5.92 Å². The van der Waals surface area contributed by atoms with Crippen LogP contribution >= 0.6 is 0 Å². The number of likely N-dealkylation sites (N-methyl/N-ethyl adjacent to an activating group) is 1. The van der Waals surface area contributed by atoms with Crippen molar-refractivity contribution in [3.63, 3.8) is 0 Å². The molecule has 0 radical (unpaired) electrons. The van der Waals surface area contributed by atoms with E-state index in [4.69, 9.17) is 0 Å². The number of rotatable bonds is 13. The number of nitrogens with one attached hydrogen (secondary N) is 1. The molecule has 0 aliphatic carbocycles. The first-order valence-corrected chi connectivity index (χ1v) is 12.9. The van der Waals surface area contributed by atoms with Crippen LogP contribution in [-0.4, -0.2) is 7.05 Å². The Hall–Kier alpha value is -2.72. The summed E-state index contributed by atoms with van der Waals surface area (Å²) in [4.78, 5) is 0. The Labute approximate surface area is 210 Å². The molecule has 0 unspecified atom stereocenters. The van der Waals surface area contributed by atoms with Crippen molar-refractivity contribution in [1.82, 2.24) is 5.32 Å². The Morgan fingerprint density at radius 3 is 2.06 bits per heavy atom. The summed E-state index contributed by atoms with van der Waals surface area (Å²) in [6.07, 6.45) is 11.7. The maximum absolute atomic E-state index is 4.56. The largest absolute Gasteiger partial charge is 0.388 e.